The predicted molar refractivity (Wildman–Crippen MR) is 81.8 cm³/mol. The molecule has 1 aliphatic rings. The highest BCUT2D eigenvalue weighted by Crippen LogP contribution is 2.30. The summed E-state index contributed by atoms with van der Waals surface area (Å²) in [6, 6.07) is 1.43. The molecule has 1 N–H and O–H groups in total. The van der Waals surface area contributed by atoms with E-state index in [-0.39, 0.29) is 5.82 Å². The first kappa shape index (κ1) is 16.3. The molecular formula is C16H23BFO3. The minimum absolute atomic E-state index is 0.355. The molecule has 0 amide bonds. The van der Waals surface area contributed by atoms with Gasteiger partial charge in [-0.15, -0.1) is 0 Å². The van der Waals surface area contributed by atoms with Gasteiger partial charge in [-0.25, -0.2) is 4.39 Å². The lowest BCUT2D eigenvalue weighted by Crippen LogP contribution is -2.49. The van der Waals surface area contributed by atoms with Gasteiger partial charge < -0.3 is 14.5 Å². The molecule has 1 aromatic rings. The molecule has 0 saturated heterocycles. The van der Waals surface area contributed by atoms with Gasteiger partial charge in [-0.05, 0) is 70.1 Å². The number of hydrogen-bond donors (Lipinski definition) is 1. The number of halogens is 1. The van der Waals surface area contributed by atoms with Crippen LogP contribution in [0, 0.1) is 12.7 Å². The summed E-state index contributed by atoms with van der Waals surface area (Å²) in [6.45, 7) is 9.49. The maximum atomic E-state index is 14.1. The second-order valence-corrected chi connectivity index (χ2v) is 6.64. The lowest BCUT2D eigenvalue weighted by molar-refractivity contribution is -0.0893. The Hall–Kier alpha value is -1.07. The van der Waals surface area contributed by atoms with Crippen molar-refractivity contribution >= 4 is 12.9 Å². The summed E-state index contributed by atoms with van der Waals surface area (Å²) in [5.74, 6) is 0.0175. The maximum Gasteiger partial charge on any atom is 0.331 e. The topological polar surface area (TPSA) is 38.7 Å². The van der Waals surface area contributed by atoms with Gasteiger partial charge in [-0.2, -0.15) is 0 Å². The van der Waals surface area contributed by atoms with Crippen LogP contribution in [0.25, 0.3) is 0 Å². The number of aliphatic hydroxyl groups is 1. The molecule has 1 aromatic carbocycles. The molecule has 2 rings (SSSR count). The highest BCUT2D eigenvalue weighted by atomic mass is 19.1. The van der Waals surface area contributed by atoms with E-state index in [1.54, 1.807) is 27.7 Å². The van der Waals surface area contributed by atoms with Crippen LogP contribution < -0.4 is 10.2 Å². The average molecular weight is 293 g/mol. The molecule has 1 heterocycles. The molecule has 0 saturated carbocycles. The third-order valence-electron chi connectivity index (χ3n) is 4.43. The Morgan fingerprint density at radius 3 is 2.62 bits per heavy atom. The molecular weight excluding hydrogens is 270 g/mol. The smallest absolute Gasteiger partial charge is 0.331 e. The zero-order valence-corrected chi connectivity index (χ0v) is 13.4. The van der Waals surface area contributed by atoms with Crippen molar-refractivity contribution in [1.29, 1.82) is 0 Å². The Morgan fingerprint density at radius 2 is 2.00 bits per heavy atom. The SMILES string of the molecule is Cc1c([B]OC(C)(C)C(C)(C)O)cc(F)c2c1CCCO2. The molecule has 0 aromatic heterocycles. The van der Waals surface area contributed by atoms with Crippen molar-refractivity contribution in [2.24, 2.45) is 0 Å². The molecule has 5 heteroatoms. The summed E-state index contributed by atoms with van der Waals surface area (Å²) in [4.78, 5) is 0. The van der Waals surface area contributed by atoms with Crippen LogP contribution in [0.3, 0.4) is 0 Å². The van der Waals surface area contributed by atoms with Gasteiger partial charge in [-0.1, -0.05) is 0 Å². The van der Waals surface area contributed by atoms with Crippen molar-refractivity contribution in [3.05, 3.63) is 23.0 Å². The second kappa shape index (κ2) is 5.62. The number of rotatable bonds is 4. The lowest BCUT2D eigenvalue weighted by Gasteiger charge is -2.37. The highest BCUT2D eigenvalue weighted by Gasteiger charge is 2.36. The van der Waals surface area contributed by atoms with E-state index in [4.69, 9.17) is 9.39 Å². The van der Waals surface area contributed by atoms with E-state index in [9.17, 15) is 9.50 Å². The molecule has 0 spiro atoms. The van der Waals surface area contributed by atoms with Gasteiger partial charge in [0.25, 0.3) is 0 Å². The molecule has 0 bridgehead atoms. The van der Waals surface area contributed by atoms with Gasteiger partial charge in [0.1, 0.15) is 0 Å². The van der Waals surface area contributed by atoms with Crippen molar-refractivity contribution < 1.29 is 18.9 Å². The van der Waals surface area contributed by atoms with Gasteiger partial charge >= 0.3 is 7.48 Å². The molecule has 0 fully saturated rings. The standard InChI is InChI=1S/C16H23BFO3/c1-10-11-7-6-8-20-14(11)13(18)9-12(10)17-21-16(4,5)15(2,3)19/h9,19H,6-8H2,1-5H3. The van der Waals surface area contributed by atoms with Crippen molar-refractivity contribution in [2.45, 2.75) is 58.7 Å². The van der Waals surface area contributed by atoms with Crippen LogP contribution in [0.4, 0.5) is 4.39 Å². The quantitative estimate of drug-likeness (QED) is 0.866. The first-order chi connectivity index (χ1) is 9.63. The lowest BCUT2D eigenvalue weighted by atomic mass is 9.78. The van der Waals surface area contributed by atoms with E-state index in [1.165, 1.54) is 13.5 Å². The summed E-state index contributed by atoms with van der Waals surface area (Å²) in [6.07, 6.45) is 1.71. The fourth-order valence-electron chi connectivity index (χ4n) is 2.16. The zero-order valence-electron chi connectivity index (χ0n) is 13.4. The molecule has 115 valence electrons. The maximum absolute atomic E-state index is 14.1. The fourth-order valence-corrected chi connectivity index (χ4v) is 2.16. The highest BCUT2D eigenvalue weighted by molar-refractivity contribution is 6.47. The molecule has 0 aliphatic carbocycles. The second-order valence-electron chi connectivity index (χ2n) is 6.64. The van der Waals surface area contributed by atoms with E-state index in [1.807, 2.05) is 6.92 Å². The van der Waals surface area contributed by atoms with Gasteiger partial charge in [0.05, 0.1) is 17.8 Å². The van der Waals surface area contributed by atoms with Crippen LogP contribution in [0.2, 0.25) is 0 Å². The number of hydrogen-bond acceptors (Lipinski definition) is 3. The van der Waals surface area contributed by atoms with Crippen LogP contribution >= 0.6 is 0 Å². The zero-order chi connectivity index (χ0) is 15.8. The third kappa shape index (κ3) is 3.24. The van der Waals surface area contributed by atoms with E-state index >= 15 is 0 Å². The molecule has 0 atom stereocenters. The number of ether oxygens (including phenoxy) is 1. The summed E-state index contributed by atoms with van der Waals surface area (Å²) >= 11 is 0. The Labute approximate surface area is 126 Å². The minimum Gasteiger partial charge on any atom is -0.490 e. The van der Waals surface area contributed by atoms with Crippen LogP contribution in [0.1, 0.15) is 45.2 Å². The molecule has 1 radical (unpaired) electrons. The normalized spacial score (nSPS) is 15.4. The Morgan fingerprint density at radius 1 is 1.33 bits per heavy atom. The van der Waals surface area contributed by atoms with Crippen molar-refractivity contribution in [3.63, 3.8) is 0 Å². The van der Waals surface area contributed by atoms with E-state index in [0.29, 0.717) is 17.8 Å². The Kier molecular flexibility index (Phi) is 4.36. The predicted octanol–water partition coefficient (Wildman–Crippen LogP) is 2.27. The molecule has 1 aliphatic heterocycles. The van der Waals surface area contributed by atoms with Crippen LogP contribution in [-0.2, 0) is 11.1 Å². The minimum atomic E-state index is -1.01. The summed E-state index contributed by atoms with van der Waals surface area (Å²) in [7, 11) is 1.53. The number of fused-ring (bicyclic) bond motifs is 1. The Balaban J connectivity index is 2.24. The van der Waals surface area contributed by atoms with Crippen molar-refractivity contribution in [2.75, 3.05) is 6.61 Å². The Bertz CT molecular complexity index is 535. The van der Waals surface area contributed by atoms with E-state index in [2.05, 4.69) is 0 Å². The number of benzene rings is 1. The first-order valence-corrected chi connectivity index (χ1v) is 7.31. The fraction of sp³-hybridized carbons (Fsp3) is 0.625. The summed E-state index contributed by atoms with van der Waals surface area (Å²) in [5.41, 5.74) is 0.791. The molecule has 0 unspecified atom stereocenters. The summed E-state index contributed by atoms with van der Waals surface area (Å²) in [5, 5.41) is 10.1. The van der Waals surface area contributed by atoms with E-state index in [0.717, 1.165) is 24.0 Å². The van der Waals surface area contributed by atoms with E-state index < -0.39 is 11.2 Å². The largest absolute Gasteiger partial charge is 0.490 e. The van der Waals surface area contributed by atoms with Gasteiger partial charge in [0, 0.05) is 0 Å². The van der Waals surface area contributed by atoms with Crippen molar-refractivity contribution in [1.82, 2.24) is 0 Å². The van der Waals surface area contributed by atoms with Crippen molar-refractivity contribution in [3.8, 4) is 5.75 Å². The summed E-state index contributed by atoms with van der Waals surface area (Å²) < 4.78 is 25.3. The van der Waals surface area contributed by atoms with Gasteiger partial charge in [-0.3, -0.25) is 0 Å². The van der Waals surface area contributed by atoms with Crippen LogP contribution in [0.5, 0.6) is 5.75 Å². The van der Waals surface area contributed by atoms with Gasteiger partial charge in [0.2, 0.25) is 0 Å². The monoisotopic (exact) mass is 293 g/mol. The van der Waals surface area contributed by atoms with Crippen LogP contribution in [0.15, 0.2) is 6.07 Å². The van der Waals surface area contributed by atoms with Crippen LogP contribution in [-0.4, -0.2) is 30.4 Å². The average Bonchev–Trinajstić information content (AvgIpc) is 2.40. The van der Waals surface area contributed by atoms with Gasteiger partial charge in [0.15, 0.2) is 11.6 Å². The first-order valence-electron chi connectivity index (χ1n) is 7.31. The third-order valence-corrected chi connectivity index (χ3v) is 4.43. The molecule has 21 heavy (non-hydrogen) atoms. The molecule has 3 nitrogen and oxygen atoms in total.